The predicted octanol–water partition coefficient (Wildman–Crippen LogP) is 5.16. The molecule has 3 aliphatic heterocycles. The van der Waals surface area contributed by atoms with Crippen LogP contribution in [0.5, 0.6) is 11.5 Å². The molecule has 34 heavy (non-hydrogen) atoms. The summed E-state index contributed by atoms with van der Waals surface area (Å²) in [4.78, 5) is 29.9. The van der Waals surface area contributed by atoms with Gasteiger partial charge in [-0.2, -0.15) is 0 Å². The van der Waals surface area contributed by atoms with E-state index in [9.17, 15) is 9.59 Å². The minimum Gasteiger partial charge on any atom is -0.454 e. The summed E-state index contributed by atoms with van der Waals surface area (Å²) in [6, 6.07) is 13.8. The predicted molar refractivity (Wildman–Crippen MR) is 138 cm³/mol. The number of para-hydroxylation sites is 1. The molecule has 5 rings (SSSR count). The first kappa shape index (κ1) is 22.9. The molecule has 2 amide bonds. The lowest BCUT2D eigenvalue weighted by Gasteiger charge is -2.29. The van der Waals surface area contributed by atoms with E-state index >= 15 is 0 Å². The Hall–Kier alpha value is -2.84. The molecule has 0 aromatic heterocycles. The van der Waals surface area contributed by atoms with Gasteiger partial charge in [0.25, 0.3) is 5.91 Å². The van der Waals surface area contributed by atoms with Gasteiger partial charge in [0.15, 0.2) is 11.5 Å². The molecule has 1 saturated heterocycles. The molecule has 6 nitrogen and oxygen atoms in total. The van der Waals surface area contributed by atoms with Crippen LogP contribution in [0.3, 0.4) is 0 Å². The van der Waals surface area contributed by atoms with Crippen LogP contribution in [0, 0.1) is 0 Å². The van der Waals surface area contributed by atoms with Gasteiger partial charge >= 0.3 is 0 Å². The molecule has 8 heteroatoms. The molecule has 0 aliphatic carbocycles. The number of nitrogens with zero attached hydrogens (tertiary/aromatic N) is 2. The molecule has 3 heterocycles. The van der Waals surface area contributed by atoms with Gasteiger partial charge < -0.3 is 14.4 Å². The highest BCUT2D eigenvalue weighted by Gasteiger charge is 2.31. The van der Waals surface area contributed by atoms with E-state index in [2.05, 4.69) is 6.07 Å². The first-order valence-corrected chi connectivity index (χ1v) is 12.9. The Morgan fingerprint density at radius 3 is 2.85 bits per heavy atom. The first-order valence-electron chi connectivity index (χ1n) is 11.6. The molecule has 0 saturated carbocycles. The van der Waals surface area contributed by atoms with E-state index in [0.717, 1.165) is 49.9 Å². The summed E-state index contributed by atoms with van der Waals surface area (Å²) in [5.41, 5.74) is 3.19. The topological polar surface area (TPSA) is 59.1 Å². The fourth-order valence-electron chi connectivity index (χ4n) is 4.50. The van der Waals surface area contributed by atoms with Gasteiger partial charge in [0.1, 0.15) is 4.32 Å². The lowest BCUT2D eigenvalue weighted by molar-refractivity contribution is -0.122. The second kappa shape index (κ2) is 10.2. The summed E-state index contributed by atoms with van der Waals surface area (Å²) in [5, 5.41) is 0. The van der Waals surface area contributed by atoms with Crippen molar-refractivity contribution in [3.63, 3.8) is 0 Å². The smallest absolute Gasteiger partial charge is 0.266 e. The van der Waals surface area contributed by atoms with Gasteiger partial charge in [-0.1, -0.05) is 54.7 Å². The number of fused-ring (bicyclic) bond motifs is 2. The van der Waals surface area contributed by atoms with E-state index in [1.807, 2.05) is 47.4 Å². The van der Waals surface area contributed by atoms with Crippen molar-refractivity contribution >= 4 is 51.9 Å². The number of aryl methyl sites for hydroxylation is 1. The van der Waals surface area contributed by atoms with Crippen LogP contribution in [-0.4, -0.2) is 40.9 Å². The molecule has 0 spiro atoms. The minimum absolute atomic E-state index is 0.0614. The van der Waals surface area contributed by atoms with E-state index < -0.39 is 0 Å². The van der Waals surface area contributed by atoms with Crippen molar-refractivity contribution in [2.24, 2.45) is 0 Å². The van der Waals surface area contributed by atoms with Crippen molar-refractivity contribution in [1.29, 1.82) is 0 Å². The molecule has 176 valence electrons. The fourth-order valence-corrected chi connectivity index (χ4v) is 5.81. The van der Waals surface area contributed by atoms with Crippen molar-refractivity contribution in [2.45, 2.75) is 38.5 Å². The van der Waals surface area contributed by atoms with Crippen molar-refractivity contribution in [3.8, 4) is 11.5 Å². The van der Waals surface area contributed by atoms with Crippen molar-refractivity contribution in [2.75, 3.05) is 24.8 Å². The number of amides is 2. The van der Waals surface area contributed by atoms with Gasteiger partial charge in [-0.15, -0.1) is 0 Å². The third-order valence-electron chi connectivity index (χ3n) is 6.25. The Morgan fingerprint density at radius 1 is 1.09 bits per heavy atom. The highest BCUT2D eigenvalue weighted by Crippen LogP contribution is 2.36. The maximum absolute atomic E-state index is 12.9. The molecule has 0 N–H and O–H groups in total. The second-order valence-electron chi connectivity index (χ2n) is 8.53. The average molecular weight is 495 g/mol. The Balaban J connectivity index is 1.10. The number of anilines is 1. The molecule has 0 bridgehead atoms. The molecular weight excluding hydrogens is 468 g/mol. The van der Waals surface area contributed by atoms with Gasteiger partial charge in [0, 0.05) is 25.2 Å². The Bertz CT molecular complexity index is 1160. The number of hydrogen-bond acceptors (Lipinski definition) is 6. The third-order valence-corrected chi connectivity index (χ3v) is 7.63. The van der Waals surface area contributed by atoms with Crippen molar-refractivity contribution in [1.82, 2.24) is 4.90 Å². The maximum atomic E-state index is 12.9. The molecule has 2 aromatic rings. The molecule has 3 aliphatic rings. The summed E-state index contributed by atoms with van der Waals surface area (Å²) in [6.45, 7) is 1.59. The van der Waals surface area contributed by atoms with Crippen LogP contribution in [0.25, 0.3) is 6.08 Å². The number of benzene rings is 2. The second-order valence-corrected chi connectivity index (χ2v) is 10.2. The average Bonchev–Trinajstić information content (AvgIpc) is 3.42. The van der Waals surface area contributed by atoms with Gasteiger partial charge in [-0.3, -0.25) is 14.5 Å². The summed E-state index contributed by atoms with van der Waals surface area (Å²) in [6.07, 6.45) is 6.91. The normalized spacial score (nSPS) is 18.1. The van der Waals surface area contributed by atoms with Crippen LogP contribution in [0.1, 0.15) is 43.2 Å². The number of ether oxygens (including phenoxy) is 2. The molecule has 0 unspecified atom stereocenters. The van der Waals surface area contributed by atoms with Crippen LogP contribution in [-0.2, 0) is 16.0 Å². The molecule has 1 fully saturated rings. The van der Waals surface area contributed by atoms with Gasteiger partial charge in [0.05, 0.1) is 4.91 Å². The Labute approximate surface area is 208 Å². The van der Waals surface area contributed by atoms with Gasteiger partial charge in [0.2, 0.25) is 12.7 Å². The van der Waals surface area contributed by atoms with E-state index in [4.69, 9.17) is 21.7 Å². The number of rotatable bonds is 7. The number of thioether (sulfide) groups is 1. The lowest BCUT2D eigenvalue weighted by Crippen LogP contribution is -2.35. The summed E-state index contributed by atoms with van der Waals surface area (Å²) in [7, 11) is 0. The zero-order chi connectivity index (χ0) is 23.5. The third kappa shape index (κ3) is 4.83. The van der Waals surface area contributed by atoms with E-state index in [1.165, 1.54) is 17.3 Å². The number of unbranched alkanes of at least 4 members (excludes halogenated alkanes) is 2. The summed E-state index contributed by atoms with van der Waals surface area (Å²) < 4.78 is 11.3. The largest absolute Gasteiger partial charge is 0.454 e. The number of hydrogen-bond donors (Lipinski definition) is 0. The molecule has 0 atom stereocenters. The fraction of sp³-hybridized carbons (Fsp3) is 0.346. The van der Waals surface area contributed by atoms with Crippen LogP contribution in [0.2, 0.25) is 0 Å². The standard InChI is InChI=1S/C26H26N2O4S2/c29-24(27-14-6-8-19-7-3-4-9-20(19)27)10-2-1-5-13-28-25(30)23(34-26(28)33)16-18-11-12-21-22(15-18)32-17-31-21/h3-4,7,9,11-12,15-16H,1-2,5-6,8,10,13-14,17H2. The summed E-state index contributed by atoms with van der Waals surface area (Å²) >= 11 is 6.78. The van der Waals surface area contributed by atoms with Crippen LogP contribution < -0.4 is 14.4 Å². The van der Waals surface area contributed by atoms with E-state index in [-0.39, 0.29) is 18.6 Å². The highest BCUT2D eigenvalue weighted by molar-refractivity contribution is 8.26. The SMILES string of the molecule is O=C1C(=Cc2ccc3c(c2)OCO3)SC(=S)N1CCCCCC(=O)N1CCCc2ccccc21. The number of thiocarbonyl (C=S) groups is 1. The van der Waals surface area contributed by atoms with Gasteiger partial charge in [-0.25, -0.2) is 0 Å². The first-order chi connectivity index (χ1) is 16.6. The van der Waals surface area contributed by atoms with E-state index in [0.29, 0.717) is 33.7 Å². The highest BCUT2D eigenvalue weighted by atomic mass is 32.2. The monoisotopic (exact) mass is 494 g/mol. The van der Waals surface area contributed by atoms with Gasteiger partial charge in [-0.05, 0) is 61.1 Å². The molecule has 2 aromatic carbocycles. The molecular formula is C26H26N2O4S2. The molecule has 0 radical (unpaired) electrons. The van der Waals surface area contributed by atoms with Crippen LogP contribution >= 0.6 is 24.0 Å². The van der Waals surface area contributed by atoms with Crippen molar-refractivity contribution < 1.29 is 19.1 Å². The van der Waals surface area contributed by atoms with Crippen molar-refractivity contribution in [3.05, 3.63) is 58.5 Å². The van der Waals surface area contributed by atoms with Crippen LogP contribution in [0.4, 0.5) is 5.69 Å². The Morgan fingerprint density at radius 2 is 1.94 bits per heavy atom. The zero-order valence-electron chi connectivity index (χ0n) is 18.8. The Kier molecular flexibility index (Phi) is 6.87. The van der Waals surface area contributed by atoms with E-state index in [1.54, 1.807) is 4.90 Å². The quantitative estimate of drug-likeness (QED) is 0.301. The van der Waals surface area contributed by atoms with Crippen LogP contribution in [0.15, 0.2) is 47.4 Å². The minimum atomic E-state index is -0.0614. The summed E-state index contributed by atoms with van der Waals surface area (Å²) in [5.74, 6) is 1.53. The maximum Gasteiger partial charge on any atom is 0.266 e. The lowest BCUT2D eigenvalue weighted by atomic mass is 10.0. The number of carbonyl (C=O) groups excluding carboxylic acids is 2. The number of carbonyl (C=O) groups is 2. The zero-order valence-corrected chi connectivity index (χ0v) is 20.5.